The van der Waals surface area contributed by atoms with Gasteiger partial charge in [-0.2, -0.15) is 0 Å². The first kappa shape index (κ1) is 18.9. The van der Waals surface area contributed by atoms with Crippen LogP contribution in [-0.4, -0.2) is 30.2 Å². The minimum absolute atomic E-state index is 0.426. The summed E-state index contributed by atoms with van der Waals surface area (Å²) in [6.45, 7) is 3.11. The van der Waals surface area contributed by atoms with E-state index in [1.165, 1.54) is 16.7 Å². The highest BCUT2D eigenvalue weighted by atomic mass is 35.5. The van der Waals surface area contributed by atoms with Crippen LogP contribution in [0.3, 0.4) is 0 Å². The third-order valence-electron chi connectivity index (χ3n) is 5.37. The van der Waals surface area contributed by atoms with E-state index in [4.69, 9.17) is 16.6 Å². The van der Waals surface area contributed by atoms with Gasteiger partial charge in [-0.15, -0.1) is 0 Å². The number of benzene rings is 3. The van der Waals surface area contributed by atoms with Gasteiger partial charge in [-0.25, -0.2) is 0 Å². The molecule has 1 aliphatic heterocycles. The lowest BCUT2D eigenvalue weighted by Crippen LogP contribution is -2.35. The molecule has 3 aromatic rings. The number of hydrogen-bond donors (Lipinski definition) is 0. The van der Waals surface area contributed by atoms with Crippen LogP contribution in [0.15, 0.2) is 83.9 Å². The highest BCUT2D eigenvalue weighted by Crippen LogP contribution is 2.31. The van der Waals surface area contributed by atoms with E-state index < -0.39 is 0 Å². The molecular formula is C25H25ClN2. The van der Waals surface area contributed by atoms with Gasteiger partial charge in [-0.05, 0) is 35.6 Å². The van der Waals surface area contributed by atoms with Crippen LogP contribution in [0.5, 0.6) is 0 Å². The molecule has 0 bridgehead atoms. The maximum atomic E-state index is 6.45. The largest absolute Gasteiger partial charge is 0.299 e. The van der Waals surface area contributed by atoms with Crippen molar-refractivity contribution in [1.29, 1.82) is 0 Å². The normalized spacial score (nSPS) is 15.9. The highest BCUT2D eigenvalue weighted by Gasteiger charge is 2.19. The van der Waals surface area contributed by atoms with E-state index in [2.05, 4.69) is 59.5 Å². The van der Waals surface area contributed by atoms with Crippen molar-refractivity contribution >= 4 is 17.8 Å². The smallest absolute Gasteiger partial charge is 0.0524 e. The Morgan fingerprint density at radius 2 is 1.46 bits per heavy atom. The number of likely N-dealkylation sites (tertiary alicyclic amines) is 1. The molecular weight excluding hydrogens is 364 g/mol. The highest BCUT2D eigenvalue weighted by molar-refractivity contribution is 6.33. The molecule has 28 heavy (non-hydrogen) atoms. The lowest BCUT2D eigenvalue weighted by molar-refractivity contribution is 0.207. The van der Waals surface area contributed by atoms with E-state index in [0.29, 0.717) is 6.04 Å². The standard InChI is InChI=1S/C25H25ClN2/c26-25-13-7-6-12-24(25)23-11-5-4-10-21(23)19-28-16-14-22(15-17-28)27-18-20-8-2-1-3-9-20/h1-13,18,22H,14-17,19H2. The Bertz CT molecular complexity index is 928. The third kappa shape index (κ3) is 4.70. The maximum Gasteiger partial charge on any atom is 0.0524 e. The predicted octanol–water partition coefficient (Wildman–Crippen LogP) is 6.09. The van der Waals surface area contributed by atoms with Gasteiger partial charge in [0.25, 0.3) is 0 Å². The fourth-order valence-electron chi connectivity index (χ4n) is 3.80. The summed E-state index contributed by atoms with van der Waals surface area (Å²) in [5, 5.41) is 0.809. The second-order valence-corrected chi connectivity index (χ2v) is 7.74. The monoisotopic (exact) mass is 388 g/mol. The van der Waals surface area contributed by atoms with E-state index >= 15 is 0 Å². The molecule has 0 N–H and O–H groups in total. The lowest BCUT2D eigenvalue weighted by atomic mass is 9.98. The Labute approximate surface area is 172 Å². The number of piperidine rings is 1. The summed E-state index contributed by atoms with van der Waals surface area (Å²) in [7, 11) is 0. The van der Waals surface area contributed by atoms with Gasteiger partial charge in [-0.1, -0.05) is 84.4 Å². The Hall–Kier alpha value is -2.42. The molecule has 1 saturated heterocycles. The topological polar surface area (TPSA) is 15.6 Å². The third-order valence-corrected chi connectivity index (χ3v) is 5.70. The Morgan fingerprint density at radius 3 is 2.21 bits per heavy atom. The summed E-state index contributed by atoms with van der Waals surface area (Å²) in [5.41, 5.74) is 4.86. The van der Waals surface area contributed by atoms with Crippen LogP contribution in [0.25, 0.3) is 11.1 Å². The Kier molecular flexibility index (Phi) is 6.20. The molecule has 0 amide bonds. The predicted molar refractivity (Wildman–Crippen MR) is 119 cm³/mol. The summed E-state index contributed by atoms with van der Waals surface area (Å²) in [6.07, 6.45) is 4.24. The zero-order chi connectivity index (χ0) is 19.2. The number of hydrogen-bond acceptors (Lipinski definition) is 2. The molecule has 0 radical (unpaired) electrons. The van der Waals surface area contributed by atoms with Crippen molar-refractivity contribution in [2.45, 2.75) is 25.4 Å². The van der Waals surface area contributed by atoms with Crippen LogP contribution >= 0.6 is 11.6 Å². The van der Waals surface area contributed by atoms with E-state index in [1.807, 2.05) is 30.5 Å². The van der Waals surface area contributed by atoms with Gasteiger partial charge in [0.1, 0.15) is 0 Å². The molecule has 0 aromatic heterocycles. The molecule has 0 aliphatic carbocycles. The van der Waals surface area contributed by atoms with Crippen molar-refractivity contribution in [3.63, 3.8) is 0 Å². The van der Waals surface area contributed by atoms with Crippen molar-refractivity contribution < 1.29 is 0 Å². The summed E-state index contributed by atoms with van der Waals surface area (Å²) >= 11 is 6.45. The van der Waals surface area contributed by atoms with Crippen LogP contribution in [0.4, 0.5) is 0 Å². The number of aliphatic imine (C=N–C) groups is 1. The fourth-order valence-corrected chi connectivity index (χ4v) is 4.04. The lowest BCUT2D eigenvalue weighted by Gasteiger charge is -2.30. The van der Waals surface area contributed by atoms with Crippen molar-refractivity contribution in [1.82, 2.24) is 4.90 Å². The molecule has 0 unspecified atom stereocenters. The zero-order valence-electron chi connectivity index (χ0n) is 16.0. The molecule has 1 heterocycles. The van der Waals surface area contributed by atoms with Crippen LogP contribution < -0.4 is 0 Å². The van der Waals surface area contributed by atoms with Gasteiger partial charge in [0, 0.05) is 36.4 Å². The molecule has 1 aliphatic rings. The first-order valence-corrected chi connectivity index (χ1v) is 10.3. The average molecular weight is 389 g/mol. The first-order valence-electron chi connectivity index (χ1n) is 9.93. The van der Waals surface area contributed by atoms with E-state index in [9.17, 15) is 0 Å². The van der Waals surface area contributed by atoms with Crippen LogP contribution in [0.2, 0.25) is 5.02 Å². The molecule has 142 valence electrons. The molecule has 1 fully saturated rings. The summed E-state index contributed by atoms with van der Waals surface area (Å²) in [5.74, 6) is 0. The Balaban J connectivity index is 1.39. The quantitative estimate of drug-likeness (QED) is 0.483. The molecule has 3 aromatic carbocycles. The summed E-state index contributed by atoms with van der Waals surface area (Å²) in [6, 6.07) is 27.5. The van der Waals surface area contributed by atoms with Gasteiger partial charge in [-0.3, -0.25) is 9.89 Å². The number of nitrogens with zero attached hydrogens (tertiary/aromatic N) is 2. The summed E-state index contributed by atoms with van der Waals surface area (Å²) < 4.78 is 0. The van der Waals surface area contributed by atoms with Crippen LogP contribution in [0.1, 0.15) is 24.0 Å². The fraction of sp³-hybridized carbons (Fsp3) is 0.240. The number of halogens is 1. The van der Waals surface area contributed by atoms with E-state index in [0.717, 1.165) is 43.1 Å². The SMILES string of the molecule is Clc1ccccc1-c1ccccc1CN1CCC(N=Cc2ccccc2)CC1. The molecule has 3 heteroatoms. The van der Waals surface area contributed by atoms with Gasteiger partial charge >= 0.3 is 0 Å². The van der Waals surface area contributed by atoms with Gasteiger partial charge in [0.2, 0.25) is 0 Å². The number of rotatable bonds is 5. The van der Waals surface area contributed by atoms with Gasteiger partial charge in [0.05, 0.1) is 6.04 Å². The second-order valence-electron chi connectivity index (χ2n) is 7.33. The molecule has 0 atom stereocenters. The average Bonchev–Trinajstić information content (AvgIpc) is 2.75. The van der Waals surface area contributed by atoms with Crippen molar-refractivity contribution in [3.05, 3.63) is 95.0 Å². The maximum absolute atomic E-state index is 6.45. The first-order chi connectivity index (χ1) is 13.8. The van der Waals surface area contributed by atoms with E-state index in [-0.39, 0.29) is 0 Å². The van der Waals surface area contributed by atoms with Gasteiger partial charge in [0.15, 0.2) is 0 Å². The van der Waals surface area contributed by atoms with Crippen LogP contribution in [0, 0.1) is 0 Å². The second kappa shape index (κ2) is 9.18. The summed E-state index contributed by atoms with van der Waals surface area (Å²) in [4.78, 5) is 7.33. The minimum atomic E-state index is 0.426. The van der Waals surface area contributed by atoms with Crippen LogP contribution in [-0.2, 0) is 6.54 Å². The minimum Gasteiger partial charge on any atom is -0.299 e. The van der Waals surface area contributed by atoms with Gasteiger partial charge < -0.3 is 0 Å². The van der Waals surface area contributed by atoms with E-state index in [1.54, 1.807) is 0 Å². The Morgan fingerprint density at radius 1 is 0.821 bits per heavy atom. The molecule has 4 rings (SSSR count). The zero-order valence-corrected chi connectivity index (χ0v) is 16.7. The van der Waals surface area contributed by atoms with Crippen molar-refractivity contribution in [3.8, 4) is 11.1 Å². The molecule has 2 nitrogen and oxygen atoms in total. The molecule has 0 spiro atoms. The van der Waals surface area contributed by atoms with Crippen molar-refractivity contribution in [2.75, 3.05) is 13.1 Å². The van der Waals surface area contributed by atoms with Crippen molar-refractivity contribution in [2.24, 2.45) is 4.99 Å². The molecule has 0 saturated carbocycles.